The Balaban J connectivity index is 1.81. The average Bonchev–Trinajstić information content (AvgIpc) is 2.61. The Kier molecular flexibility index (Phi) is 4.53. The van der Waals surface area contributed by atoms with Gasteiger partial charge in [0.15, 0.2) is 0 Å². The zero-order chi connectivity index (χ0) is 18.7. The van der Waals surface area contributed by atoms with E-state index < -0.39 is 17.9 Å². The molecule has 0 aliphatic heterocycles. The van der Waals surface area contributed by atoms with Crippen LogP contribution in [-0.4, -0.2) is 22.3 Å². The molecule has 2 N–H and O–H groups in total. The van der Waals surface area contributed by atoms with Crippen molar-refractivity contribution in [1.82, 2.24) is 9.97 Å². The van der Waals surface area contributed by atoms with Crippen molar-refractivity contribution >= 4 is 34.7 Å². The molecule has 26 heavy (non-hydrogen) atoms. The first-order chi connectivity index (χ1) is 12.4. The average molecular weight is 360 g/mol. The Hall–Kier alpha value is -3.49. The molecular formula is C17H11F3N4O2. The molecule has 9 heteroatoms. The predicted octanol–water partition coefficient (Wildman–Crippen LogP) is 4.11. The van der Waals surface area contributed by atoms with Crippen LogP contribution >= 0.6 is 0 Å². The second-order valence-corrected chi connectivity index (χ2v) is 5.24. The normalized spacial score (nSPS) is 11.2. The van der Waals surface area contributed by atoms with E-state index in [2.05, 4.69) is 20.6 Å². The maximum atomic E-state index is 12.7. The lowest BCUT2D eigenvalue weighted by atomic mass is 10.1. The third-order valence-electron chi connectivity index (χ3n) is 3.43. The number of urea groups is 1. The fraction of sp³-hybridized carbons (Fsp3) is 0.0588. The van der Waals surface area contributed by atoms with Gasteiger partial charge in [0.2, 0.25) is 0 Å². The smallest absolute Gasteiger partial charge is 0.307 e. The number of hydrogen-bond donors (Lipinski definition) is 2. The molecule has 0 atom stereocenters. The highest BCUT2D eigenvalue weighted by Crippen LogP contribution is 2.28. The van der Waals surface area contributed by atoms with Gasteiger partial charge < -0.3 is 5.32 Å². The van der Waals surface area contributed by atoms with Crippen molar-refractivity contribution in [2.75, 3.05) is 10.6 Å². The summed E-state index contributed by atoms with van der Waals surface area (Å²) in [5.41, 5.74) is 0.201. The van der Waals surface area contributed by atoms with E-state index in [4.69, 9.17) is 0 Å². The standard InChI is InChI=1S/C17H11F3N4O2/c18-17(19,20)14-2-1-3-15(23-14)24-16(26)22-12-6-7-21-13-8-10(9-25)4-5-11(12)13/h1-9H,(H2,21,22,23,24,26). The van der Waals surface area contributed by atoms with Gasteiger partial charge in [-0.25, -0.2) is 9.78 Å². The van der Waals surface area contributed by atoms with E-state index in [0.29, 0.717) is 28.4 Å². The number of alkyl halides is 3. The minimum absolute atomic E-state index is 0.237. The summed E-state index contributed by atoms with van der Waals surface area (Å²) in [6.07, 6.45) is -2.49. The first-order valence-corrected chi connectivity index (χ1v) is 7.33. The van der Waals surface area contributed by atoms with Crippen LogP contribution in [0.4, 0.5) is 29.5 Å². The molecule has 0 aliphatic rings. The van der Waals surface area contributed by atoms with Crippen molar-refractivity contribution in [3.05, 3.63) is 59.9 Å². The summed E-state index contributed by atoms with van der Waals surface area (Å²) < 4.78 is 38.0. The quantitative estimate of drug-likeness (QED) is 0.689. The van der Waals surface area contributed by atoms with Crippen LogP contribution < -0.4 is 10.6 Å². The van der Waals surface area contributed by atoms with Crippen LogP contribution in [0.1, 0.15) is 16.1 Å². The van der Waals surface area contributed by atoms with Crippen LogP contribution in [0.5, 0.6) is 0 Å². The van der Waals surface area contributed by atoms with Crippen molar-refractivity contribution in [3.63, 3.8) is 0 Å². The van der Waals surface area contributed by atoms with Gasteiger partial charge in [0, 0.05) is 17.1 Å². The number of carbonyl (C=O) groups excluding carboxylic acids is 2. The van der Waals surface area contributed by atoms with E-state index in [-0.39, 0.29) is 5.82 Å². The summed E-state index contributed by atoms with van der Waals surface area (Å²) >= 11 is 0. The Morgan fingerprint density at radius 1 is 1.08 bits per heavy atom. The van der Waals surface area contributed by atoms with Gasteiger partial charge in [-0.3, -0.25) is 15.1 Å². The fourth-order valence-corrected chi connectivity index (χ4v) is 2.28. The van der Waals surface area contributed by atoms with Crippen LogP contribution in [0, 0.1) is 0 Å². The maximum absolute atomic E-state index is 12.7. The third-order valence-corrected chi connectivity index (χ3v) is 3.43. The van der Waals surface area contributed by atoms with Crippen molar-refractivity contribution < 1.29 is 22.8 Å². The number of pyridine rings is 2. The molecule has 1 aromatic carbocycles. The lowest BCUT2D eigenvalue weighted by Crippen LogP contribution is -2.21. The molecule has 3 aromatic rings. The number of rotatable bonds is 3. The number of nitrogens with one attached hydrogen (secondary N) is 2. The number of aromatic nitrogens is 2. The van der Waals surface area contributed by atoms with Crippen molar-refractivity contribution in [2.24, 2.45) is 0 Å². The number of hydrogen-bond acceptors (Lipinski definition) is 4. The Morgan fingerprint density at radius 2 is 1.88 bits per heavy atom. The molecule has 0 fully saturated rings. The SMILES string of the molecule is O=Cc1ccc2c(NC(=O)Nc3cccc(C(F)(F)F)n3)ccnc2c1. The monoisotopic (exact) mass is 360 g/mol. The molecular weight excluding hydrogens is 349 g/mol. The third kappa shape index (κ3) is 3.77. The van der Waals surface area contributed by atoms with Crippen LogP contribution in [0.3, 0.4) is 0 Å². The number of fused-ring (bicyclic) bond motifs is 1. The zero-order valence-corrected chi connectivity index (χ0v) is 13.0. The van der Waals surface area contributed by atoms with E-state index in [1.807, 2.05) is 0 Å². The first kappa shape index (κ1) is 17.3. The van der Waals surface area contributed by atoms with E-state index in [1.54, 1.807) is 18.2 Å². The van der Waals surface area contributed by atoms with Crippen LogP contribution in [0.2, 0.25) is 0 Å². The molecule has 132 valence electrons. The van der Waals surface area contributed by atoms with Crippen LogP contribution in [-0.2, 0) is 6.18 Å². The van der Waals surface area contributed by atoms with Gasteiger partial charge in [-0.1, -0.05) is 18.2 Å². The number of carbonyl (C=O) groups is 2. The Bertz CT molecular complexity index is 989. The van der Waals surface area contributed by atoms with Gasteiger partial charge in [-0.15, -0.1) is 0 Å². The number of halogens is 3. The largest absolute Gasteiger partial charge is 0.433 e. The molecule has 2 aromatic heterocycles. The fourth-order valence-electron chi connectivity index (χ4n) is 2.28. The second kappa shape index (κ2) is 6.79. The highest BCUT2D eigenvalue weighted by Gasteiger charge is 2.32. The molecule has 3 rings (SSSR count). The molecule has 0 spiro atoms. The highest BCUT2D eigenvalue weighted by molar-refractivity contribution is 6.05. The topological polar surface area (TPSA) is 84.0 Å². The minimum atomic E-state index is -4.61. The van der Waals surface area contributed by atoms with Gasteiger partial charge in [0.25, 0.3) is 0 Å². The molecule has 0 saturated heterocycles. The number of benzene rings is 1. The van der Waals surface area contributed by atoms with Gasteiger partial charge >= 0.3 is 12.2 Å². The second-order valence-electron chi connectivity index (χ2n) is 5.24. The molecule has 2 amide bonds. The summed E-state index contributed by atoms with van der Waals surface area (Å²) in [6.45, 7) is 0. The zero-order valence-electron chi connectivity index (χ0n) is 13.0. The molecule has 6 nitrogen and oxygen atoms in total. The minimum Gasteiger partial charge on any atom is -0.307 e. The Labute approximate surface area is 145 Å². The van der Waals surface area contributed by atoms with Crippen molar-refractivity contribution in [3.8, 4) is 0 Å². The lowest BCUT2D eigenvalue weighted by molar-refractivity contribution is -0.141. The number of amides is 2. The van der Waals surface area contributed by atoms with Crippen LogP contribution in [0.15, 0.2) is 48.7 Å². The summed E-state index contributed by atoms with van der Waals surface area (Å²) in [4.78, 5) is 30.4. The van der Waals surface area contributed by atoms with Gasteiger partial charge in [0.05, 0.1) is 11.2 Å². The number of anilines is 2. The number of aldehydes is 1. The molecule has 0 saturated carbocycles. The highest BCUT2D eigenvalue weighted by atomic mass is 19.4. The molecule has 0 radical (unpaired) electrons. The maximum Gasteiger partial charge on any atom is 0.433 e. The summed E-state index contributed by atoms with van der Waals surface area (Å²) in [5.74, 6) is -0.237. The van der Waals surface area contributed by atoms with Gasteiger partial charge in [-0.05, 0) is 24.3 Å². The molecule has 2 heterocycles. The van der Waals surface area contributed by atoms with E-state index >= 15 is 0 Å². The first-order valence-electron chi connectivity index (χ1n) is 7.33. The van der Waals surface area contributed by atoms with E-state index in [9.17, 15) is 22.8 Å². The van der Waals surface area contributed by atoms with E-state index in [0.717, 1.165) is 12.1 Å². The Morgan fingerprint density at radius 3 is 2.62 bits per heavy atom. The molecule has 0 bridgehead atoms. The van der Waals surface area contributed by atoms with Crippen molar-refractivity contribution in [1.29, 1.82) is 0 Å². The summed E-state index contributed by atoms with van der Waals surface area (Å²) in [6, 6.07) is 8.71. The van der Waals surface area contributed by atoms with Gasteiger partial charge in [-0.2, -0.15) is 13.2 Å². The van der Waals surface area contributed by atoms with Gasteiger partial charge in [0.1, 0.15) is 17.8 Å². The molecule has 0 unspecified atom stereocenters. The predicted molar refractivity (Wildman–Crippen MR) is 89.0 cm³/mol. The summed E-state index contributed by atoms with van der Waals surface area (Å²) in [5, 5.41) is 5.36. The van der Waals surface area contributed by atoms with E-state index in [1.165, 1.54) is 18.3 Å². The van der Waals surface area contributed by atoms with Crippen molar-refractivity contribution in [2.45, 2.75) is 6.18 Å². The molecule has 0 aliphatic carbocycles. The van der Waals surface area contributed by atoms with Crippen LogP contribution in [0.25, 0.3) is 10.9 Å². The lowest BCUT2D eigenvalue weighted by Gasteiger charge is -2.11. The number of nitrogens with zero attached hydrogens (tertiary/aromatic N) is 2. The summed E-state index contributed by atoms with van der Waals surface area (Å²) in [7, 11) is 0.